The molecule has 2 rings (SSSR count). The minimum absolute atomic E-state index is 0.0300. The number of hydrogen-bond donors (Lipinski definition) is 2. The molecule has 2 aromatic carbocycles. The van der Waals surface area contributed by atoms with Crippen LogP contribution in [0.2, 0.25) is 0 Å². The molecule has 0 aliphatic rings. The maximum absolute atomic E-state index is 13.3. The number of amides is 2. The summed E-state index contributed by atoms with van der Waals surface area (Å²) in [5.74, 6) is 4.66. The first-order valence-electron chi connectivity index (χ1n) is 7.55. The molecular formula is C19H17FN2O3. The van der Waals surface area contributed by atoms with Crippen LogP contribution in [-0.4, -0.2) is 25.0 Å². The fraction of sp³-hybridized carbons (Fsp3) is 0.158. The van der Waals surface area contributed by atoms with Crippen LogP contribution >= 0.6 is 0 Å². The summed E-state index contributed by atoms with van der Waals surface area (Å²) in [4.78, 5) is 22.9. The Balaban J connectivity index is 1.75. The number of hydrogen-bond acceptors (Lipinski definition) is 3. The summed E-state index contributed by atoms with van der Waals surface area (Å²) in [7, 11) is 0. The molecule has 0 bridgehead atoms. The number of nitrogens with one attached hydrogen (secondary N) is 2. The summed E-state index contributed by atoms with van der Waals surface area (Å²) >= 11 is 0. The van der Waals surface area contributed by atoms with Crippen LogP contribution in [0, 0.1) is 17.7 Å². The van der Waals surface area contributed by atoms with E-state index in [-0.39, 0.29) is 30.7 Å². The first kappa shape index (κ1) is 18.0. The molecule has 0 atom stereocenters. The van der Waals surface area contributed by atoms with Crippen LogP contribution in [0.25, 0.3) is 0 Å². The minimum atomic E-state index is -0.444. The minimum Gasteiger partial charge on any atom is -0.478 e. The van der Waals surface area contributed by atoms with Crippen molar-refractivity contribution < 1.29 is 18.7 Å². The lowest BCUT2D eigenvalue weighted by molar-refractivity contribution is -0.114. The summed E-state index contributed by atoms with van der Waals surface area (Å²) in [5, 5.41) is 5.26. The van der Waals surface area contributed by atoms with Gasteiger partial charge in [0.15, 0.2) is 11.6 Å². The highest BCUT2D eigenvalue weighted by Crippen LogP contribution is 2.14. The molecule has 0 unspecified atom stereocenters. The third kappa shape index (κ3) is 5.99. The van der Waals surface area contributed by atoms with Crippen molar-refractivity contribution in [2.45, 2.75) is 6.92 Å². The van der Waals surface area contributed by atoms with E-state index in [0.29, 0.717) is 11.3 Å². The summed E-state index contributed by atoms with van der Waals surface area (Å²) in [6.45, 7) is 1.59. The molecule has 2 aromatic rings. The molecule has 0 aliphatic heterocycles. The van der Waals surface area contributed by atoms with Gasteiger partial charge in [-0.25, -0.2) is 4.39 Å². The Morgan fingerprint density at radius 2 is 1.80 bits per heavy atom. The predicted molar refractivity (Wildman–Crippen MR) is 92.7 cm³/mol. The molecule has 5 nitrogen and oxygen atoms in total. The molecule has 2 amide bonds. The van der Waals surface area contributed by atoms with Crippen molar-refractivity contribution in [2.75, 3.05) is 18.5 Å². The molecule has 2 N–H and O–H groups in total. The summed E-state index contributed by atoms with van der Waals surface area (Å²) in [5.41, 5.74) is 1.08. The van der Waals surface area contributed by atoms with Crippen molar-refractivity contribution in [3.63, 3.8) is 0 Å². The van der Waals surface area contributed by atoms with Gasteiger partial charge in [-0.15, -0.1) is 0 Å². The molecule has 25 heavy (non-hydrogen) atoms. The molecule has 6 heteroatoms. The standard InChI is InChI=1S/C19H17FN2O3/c1-14(23)22-16-10-8-15(9-11-16)19(24)21-12-4-5-13-25-18-7-3-2-6-17(18)20/h2-3,6-11H,12-13H2,1H3,(H,21,24)(H,22,23). The quantitative estimate of drug-likeness (QED) is 0.822. The van der Waals surface area contributed by atoms with E-state index in [1.165, 1.54) is 19.1 Å². The van der Waals surface area contributed by atoms with Crippen LogP contribution < -0.4 is 15.4 Å². The van der Waals surface area contributed by atoms with Crippen molar-refractivity contribution in [1.82, 2.24) is 5.32 Å². The first-order valence-corrected chi connectivity index (χ1v) is 7.55. The maximum atomic E-state index is 13.3. The lowest BCUT2D eigenvalue weighted by Crippen LogP contribution is -2.23. The van der Waals surface area contributed by atoms with E-state index in [4.69, 9.17) is 4.74 Å². The highest BCUT2D eigenvalue weighted by molar-refractivity contribution is 5.95. The zero-order chi connectivity index (χ0) is 18.1. The number of carbonyl (C=O) groups excluding carboxylic acids is 2. The molecule has 0 spiro atoms. The molecule has 0 aromatic heterocycles. The molecule has 128 valence electrons. The fourth-order valence-corrected chi connectivity index (χ4v) is 1.92. The number of carbonyl (C=O) groups is 2. The molecule has 0 saturated carbocycles. The van der Waals surface area contributed by atoms with Gasteiger partial charge in [0.25, 0.3) is 5.91 Å². The highest BCUT2D eigenvalue weighted by atomic mass is 19.1. The summed E-state index contributed by atoms with van der Waals surface area (Å²) < 4.78 is 18.5. The molecule has 0 fully saturated rings. The Morgan fingerprint density at radius 3 is 2.48 bits per heavy atom. The van der Waals surface area contributed by atoms with Crippen LogP contribution in [0.4, 0.5) is 10.1 Å². The van der Waals surface area contributed by atoms with Crippen LogP contribution in [0.3, 0.4) is 0 Å². The van der Waals surface area contributed by atoms with Crippen LogP contribution in [0.1, 0.15) is 17.3 Å². The number of halogens is 1. The van der Waals surface area contributed by atoms with E-state index < -0.39 is 5.82 Å². The maximum Gasteiger partial charge on any atom is 0.252 e. The SMILES string of the molecule is CC(=O)Nc1ccc(C(=O)NCC#CCOc2ccccc2F)cc1. The second-order valence-electron chi connectivity index (χ2n) is 5.01. The molecule has 0 radical (unpaired) electrons. The lowest BCUT2D eigenvalue weighted by Gasteiger charge is -2.04. The molecule has 0 aliphatic carbocycles. The normalized spacial score (nSPS) is 9.52. The monoisotopic (exact) mass is 340 g/mol. The average molecular weight is 340 g/mol. The summed E-state index contributed by atoms with van der Waals surface area (Å²) in [6, 6.07) is 12.6. The molecule has 0 heterocycles. The lowest BCUT2D eigenvalue weighted by atomic mass is 10.2. The Labute approximate surface area is 145 Å². The second kappa shape index (κ2) is 9.08. The van der Waals surface area contributed by atoms with Gasteiger partial charge in [0.05, 0.1) is 6.54 Å². The van der Waals surface area contributed by atoms with E-state index in [0.717, 1.165) is 0 Å². The van der Waals surface area contributed by atoms with Crippen LogP contribution in [0.15, 0.2) is 48.5 Å². The van der Waals surface area contributed by atoms with Gasteiger partial charge in [-0.1, -0.05) is 24.0 Å². The van der Waals surface area contributed by atoms with Gasteiger partial charge < -0.3 is 15.4 Å². The van der Waals surface area contributed by atoms with Crippen molar-refractivity contribution in [1.29, 1.82) is 0 Å². The third-order valence-corrected chi connectivity index (χ3v) is 3.07. The van der Waals surface area contributed by atoms with Crippen LogP contribution in [-0.2, 0) is 4.79 Å². The van der Waals surface area contributed by atoms with E-state index in [1.807, 2.05) is 0 Å². The van der Waals surface area contributed by atoms with Crippen molar-refractivity contribution in [3.05, 3.63) is 59.9 Å². The second-order valence-corrected chi connectivity index (χ2v) is 5.01. The van der Waals surface area contributed by atoms with Gasteiger partial charge >= 0.3 is 0 Å². The molecule has 0 saturated heterocycles. The van der Waals surface area contributed by atoms with Gasteiger partial charge in [-0.3, -0.25) is 9.59 Å². The Hall–Kier alpha value is -3.33. The van der Waals surface area contributed by atoms with E-state index in [2.05, 4.69) is 22.5 Å². The smallest absolute Gasteiger partial charge is 0.252 e. The predicted octanol–water partition coefficient (Wildman–Crippen LogP) is 2.60. The van der Waals surface area contributed by atoms with Crippen molar-refractivity contribution in [3.8, 4) is 17.6 Å². The number of rotatable bonds is 5. The van der Waals surface area contributed by atoms with Gasteiger partial charge in [0.2, 0.25) is 5.91 Å². The number of anilines is 1. The van der Waals surface area contributed by atoms with Crippen LogP contribution in [0.5, 0.6) is 5.75 Å². The average Bonchev–Trinajstić information content (AvgIpc) is 2.59. The highest BCUT2D eigenvalue weighted by Gasteiger charge is 2.04. The van der Waals surface area contributed by atoms with Gasteiger partial charge in [-0.05, 0) is 36.4 Å². The third-order valence-electron chi connectivity index (χ3n) is 3.07. The van der Waals surface area contributed by atoms with E-state index >= 15 is 0 Å². The van der Waals surface area contributed by atoms with E-state index in [1.54, 1.807) is 36.4 Å². The fourth-order valence-electron chi connectivity index (χ4n) is 1.92. The zero-order valence-corrected chi connectivity index (χ0v) is 13.6. The Kier molecular flexibility index (Phi) is 6.55. The van der Waals surface area contributed by atoms with E-state index in [9.17, 15) is 14.0 Å². The number of ether oxygens (including phenoxy) is 1. The molecular weight excluding hydrogens is 323 g/mol. The largest absolute Gasteiger partial charge is 0.478 e. The van der Waals surface area contributed by atoms with Gasteiger partial charge in [0.1, 0.15) is 6.61 Å². The van der Waals surface area contributed by atoms with Gasteiger partial charge in [0, 0.05) is 18.2 Å². The first-order chi connectivity index (χ1) is 12.1. The summed E-state index contributed by atoms with van der Waals surface area (Å²) in [6.07, 6.45) is 0. The number of para-hydroxylation sites is 1. The van der Waals surface area contributed by atoms with Gasteiger partial charge in [-0.2, -0.15) is 0 Å². The topological polar surface area (TPSA) is 67.4 Å². The van der Waals surface area contributed by atoms with Crippen molar-refractivity contribution in [2.24, 2.45) is 0 Å². The Morgan fingerprint density at radius 1 is 1.08 bits per heavy atom. The number of benzene rings is 2. The zero-order valence-electron chi connectivity index (χ0n) is 13.6. The van der Waals surface area contributed by atoms with Crippen molar-refractivity contribution >= 4 is 17.5 Å². The Bertz CT molecular complexity index is 807.